The van der Waals surface area contributed by atoms with Gasteiger partial charge in [-0.05, 0) is 47.4 Å². The molecular formula is C24H24NO4-. The van der Waals surface area contributed by atoms with Crippen molar-refractivity contribution in [2.75, 3.05) is 6.61 Å². The smallest absolute Gasteiger partial charge is 0.410 e. The van der Waals surface area contributed by atoms with Crippen LogP contribution in [0.2, 0.25) is 0 Å². The fourth-order valence-corrected chi connectivity index (χ4v) is 5.60. The highest BCUT2D eigenvalue weighted by atomic mass is 16.6. The number of ether oxygens (including phenoxy) is 1. The molecule has 3 atom stereocenters. The number of carboxylic acid groups (broad SMARTS) is 1. The molecule has 1 amide bonds. The number of benzene rings is 2. The number of hydrogen-bond acceptors (Lipinski definition) is 4. The summed E-state index contributed by atoms with van der Waals surface area (Å²) >= 11 is 0. The number of aliphatic carboxylic acids is 1. The van der Waals surface area contributed by atoms with Gasteiger partial charge in [-0.1, -0.05) is 61.4 Å². The summed E-state index contributed by atoms with van der Waals surface area (Å²) in [6, 6.07) is 15.4. The van der Waals surface area contributed by atoms with Gasteiger partial charge in [0.25, 0.3) is 0 Å². The van der Waals surface area contributed by atoms with Gasteiger partial charge in [0.05, 0.1) is 12.0 Å². The first-order chi connectivity index (χ1) is 14.1. The molecule has 2 unspecified atom stereocenters. The molecule has 2 fully saturated rings. The van der Waals surface area contributed by atoms with Crippen molar-refractivity contribution in [3.8, 4) is 11.1 Å². The summed E-state index contributed by atoms with van der Waals surface area (Å²) < 4.78 is 5.75. The largest absolute Gasteiger partial charge is 0.548 e. The quantitative estimate of drug-likeness (QED) is 0.806. The van der Waals surface area contributed by atoms with Crippen LogP contribution in [-0.4, -0.2) is 35.7 Å². The van der Waals surface area contributed by atoms with E-state index in [4.69, 9.17) is 4.74 Å². The van der Waals surface area contributed by atoms with Crippen LogP contribution >= 0.6 is 0 Å². The molecule has 0 spiro atoms. The van der Waals surface area contributed by atoms with Crippen LogP contribution < -0.4 is 5.11 Å². The number of carbonyl (C=O) groups excluding carboxylic acids is 2. The predicted molar refractivity (Wildman–Crippen MR) is 106 cm³/mol. The number of likely N-dealkylation sites (tertiary alicyclic amines) is 1. The van der Waals surface area contributed by atoms with E-state index in [1.165, 1.54) is 16.0 Å². The van der Waals surface area contributed by atoms with E-state index in [9.17, 15) is 14.7 Å². The second-order valence-electron chi connectivity index (χ2n) is 8.39. The summed E-state index contributed by atoms with van der Waals surface area (Å²) in [6.45, 7) is 0.209. The molecule has 1 saturated heterocycles. The van der Waals surface area contributed by atoms with E-state index in [2.05, 4.69) is 24.3 Å². The maximum absolute atomic E-state index is 13.0. The van der Waals surface area contributed by atoms with Crippen molar-refractivity contribution in [2.45, 2.75) is 50.1 Å². The molecule has 3 aliphatic rings. The van der Waals surface area contributed by atoms with E-state index in [1.807, 2.05) is 24.3 Å². The zero-order chi connectivity index (χ0) is 20.0. The maximum atomic E-state index is 13.0. The minimum atomic E-state index is -1.17. The molecule has 2 aliphatic carbocycles. The highest BCUT2D eigenvalue weighted by Crippen LogP contribution is 2.45. The molecule has 5 nitrogen and oxygen atoms in total. The summed E-state index contributed by atoms with van der Waals surface area (Å²) in [5.41, 5.74) is 4.64. The first-order valence-electron chi connectivity index (χ1n) is 10.5. The van der Waals surface area contributed by atoms with Gasteiger partial charge in [0.1, 0.15) is 6.61 Å². The molecule has 0 radical (unpaired) electrons. The molecule has 0 N–H and O–H groups in total. The summed E-state index contributed by atoms with van der Waals surface area (Å²) in [7, 11) is 0. The van der Waals surface area contributed by atoms with Crippen molar-refractivity contribution in [2.24, 2.45) is 5.92 Å². The lowest BCUT2D eigenvalue weighted by molar-refractivity contribution is -0.310. The minimum absolute atomic E-state index is 0.0301. The normalized spacial score (nSPS) is 25.2. The van der Waals surface area contributed by atoms with Crippen molar-refractivity contribution in [3.05, 3.63) is 59.7 Å². The third-order valence-electron chi connectivity index (χ3n) is 6.91. The summed E-state index contributed by atoms with van der Waals surface area (Å²) in [5, 5.41) is 11.7. The Labute approximate surface area is 170 Å². The monoisotopic (exact) mass is 390 g/mol. The van der Waals surface area contributed by atoms with Crippen LogP contribution in [0.15, 0.2) is 48.5 Å². The van der Waals surface area contributed by atoms with Crippen molar-refractivity contribution in [1.29, 1.82) is 0 Å². The van der Waals surface area contributed by atoms with Gasteiger partial charge in [-0.3, -0.25) is 4.90 Å². The fraction of sp³-hybridized carbons (Fsp3) is 0.417. The standard InChI is InChI=1S/C24H25NO4/c26-23(27)22-13-15-7-1-6-12-21(15)25(22)24(28)29-14-20-18-10-4-2-8-16(18)17-9-3-5-11-19(17)20/h2-5,8-11,15,20-22H,1,6-7,12-14H2,(H,26,27)/p-1/t15?,21?,22-/m1/s1. The number of carbonyl (C=O) groups is 2. The molecular weight excluding hydrogens is 366 g/mol. The van der Waals surface area contributed by atoms with Crippen LogP contribution in [0.4, 0.5) is 4.79 Å². The molecule has 1 heterocycles. The fourth-order valence-electron chi connectivity index (χ4n) is 5.60. The number of amides is 1. The SMILES string of the molecule is O=C([O-])[C@H]1CC2CCCCC2N1C(=O)OCC1c2ccccc2-c2ccccc21. The Bertz CT molecular complexity index is 910. The zero-order valence-electron chi connectivity index (χ0n) is 16.3. The van der Waals surface area contributed by atoms with Crippen LogP contribution in [0, 0.1) is 5.92 Å². The van der Waals surface area contributed by atoms with Crippen molar-refractivity contribution in [1.82, 2.24) is 4.90 Å². The summed E-state index contributed by atoms with van der Waals surface area (Å²) in [4.78, 5) is 26.2. The van der Waals surface area contributed by atoms with E-state index < -0.39 is 18.1 Å². The van der Waals surface area contributed by atoms with Gasteiger partial charge >= 0.3 is 6.09 Å². The lowest BCUT2D eigenvalue weighted by Crippen LogP contribution is -2.50. The van der Waals surface area contributed by atoms with E-state index in [1.54, 1.807) is 0 Å². The zero-order valence-corrected chi connectivity index (χ0v) is 16.3. The summed E-state index contributed by atoms with van der Waals surface area (Å²) in [5.74, 6) is -0.961. The van der Waals surface area contributed by atoms with Crippen LogP contribution in [0.5, 0.6) is 0 Å². The van der Waals surface area contributed by atoms with Crippen LogP contribution in [0.1, 0.15) is 49.1 Å². The van der Waals surface area contributed by atoms with Gasteiger partial charge in [-0.15, -0.1) is 0 Å². The third-order valence-corrected chi connectivity index (χ3v) is 6.91. The molecule has 2 aromatic carbocycles. The Kier molecular flexibility index (Phi) is 4.53. The lowest BCUT2D eigenvalue weighted by atomic mass is 9.85. The number of hydrogen-bond donors (Lipinski definition) is 0. The number of nitrogens with zero attached hydrogens (tertiary/aromatic N) is 1. The highest BCUT2D eigenvalue weighted by molar-refractivity contribution is 5.81. The minimum Gasteiger partial charge on any atom is -0.548 e. The van der Waals surface area contributed by atoms with Crippen LogP contribution in [0.3, 0.4) is 0 Å². The van der Waals surface area contributed by atoms with E-state index in [0.29, 0.717) is 6.42 Å². The molecule has 1 saturated carbocycles. The Morgan fingerprint density at radius 1 is 0.966 bits per heavy atom. The molecule has 1 aliphatic heterocycles. The van der Waals surface area contributed by atoms with Crippen molar-refractivity contribution >= 4 is 12.1 Å². The molecule has 29 heavy (non-hydrogen) atoms. The molecule has 0 aromatic heterocycles. The molecule has 5 rings (SSSR count). The second kappa shape index (κ2) is 7.21. The highest BCUT2D eigenvalue weighted by Gasteiger charge is 2.46. The van der Waals surface area contributed by atoms with E-state index in [-0.39, 0.29) is 24.5 Å². The van der Waals surface area contributed by atoms with Gasteiger partial charge in [0.15, 0.2) is 0 Å². The van der Waals surface area contributed by atoms with Crippen molar-refractivity contribution in [3.63, 3.8) is 0 Å². The van der Waals surface area contributed by atoms with Crippen LogP contribution in [0.25, 0.3) is 11.1 Å². The number of rotatable bonds is 3. The first-order valence-corrected chi connectivity index (χ1v) is 10.5. The van der Waals surface area contributed by atoms with Gasteiger partial charge in [-0.25, -0.2) is 4.79 Å². The molecule has 5 heteroatoms. The van der Waals surface area contributed by atoms with Crippen LogP contribution in [-0.2, 0) is 9.53 Å². The Morgan fingerprint density at radius 3 is 2.24 bits per heavy atom. The average molecular weight is 390 g/mol. The predicted octanol–water partition coefficient (Wildman–Crippen LogP) is 3.32. The third kappa shape index (κ3) is 3.00. The Hall–Kier alpha value is -2.82. The second-order valence-corrected chi connectivity index (χ2v) is 8.39. The van der Waals surface area contributed by atoms with Gasteiger partial charge < -0.3 is 14.6 Å². The topological polar surface area (TPSA) is 69.7 Å². The maximum Gasteiger partial charge on any atom is 0.410 e. The Morgan fingerprint density at radius 2 is 1.59 bits per heavy atom. The first kappa shape index (κ1) is 18.2. The summed E-state index contributed by atoms with van der Waals surface area (Å²) in [6.07, 6.45) is 3.90. The van der Waals surface area contributed by atoms with Gasteiger partial charge in [-0.2, -0.15) is 0 Å². The number of carboxylic acids is 1. The molecule has 150 valence electrons. The van der Waals surface area contributed by atoms with Crippen molar-refractivity contribution < 1.29 is 19.4 Å². The average Bonchev–Trinajstić information content (AvgIpc) is 3.29. The lowest BCUT2D eigenvalue weighted by Gasteiger charge is -2.33. The Balaban J connectivity index is 1.37. The van der Waals surface area contributed by atoms with Gasteiger partial charge in [0, 0.05) is 12.0 Å². The molecule has 2 aromatic rings. The van der Waals surface area contributed by atoms with Gasteiger partial charge in [0.2, 0.25) is 0 Å². The molecule has 0 bridgehead atoms. The number of fused-ring (bicyclic) bond motifs is 4. The van der Waals surface area contributed by atoms with E-state index >= 15 is 0 Å². The van der Waals surface area contributed by atoms with E-state index in [0.717, 1.165) is 36.8 Å².